The zero-order valence-electron chi connectivity index (χ0n) is 68.5. The number of ether oxygens (including phenoxy) is 15. The van der Waals surface area contributed by atoms with E-state index < -0.39 is 317 Å². The number of carbonyl (C=O) groups is 2. The first-order valence-electron chi connectivity index (χ1n) is 41.5. The molecule has 0 aromatic carbocycles. The van der Waals surface area contributed by atoms with E-state index in [2.05, 4.69) is 40.7 Å². The van der Waals surface area contributed by atoms with E-state index >= 15 is 4.79 Å². The summed E-state index contributed by atoms with van der Waals surface area (Å²) in [5.41, 5.74) is -4.55. The van der Waals surface area contributed by atoms with Gasteiger partial charge in [-0.2, -0.15) is 0 Å². The van der Waals surface area contributed by atoms with Gasteiger partial charge in [-0.05, 0) is 118 Å². The fourth-order valence-electron chi connectivity index (χ4n) is 21.7. The van der Waals surface area contributed by atoms with Crippen molar-refractivity contribution in [3.05, 3.63) is 34.9 Å². The monoisotopic (exact) mass is 1710 g/mol. The molecule has 682 valence electrons. The number of allylic oxidation sites excluding steroid dienone is 4. The third kappa shape index (κ3) is 17.5. The zero-order valence-corrected chi connectivity index (χ0v) is 68.5. The Morgan fingerprint density at radius 2 is 1.01 bits per heavy atom. The summed E-state index contributed by atoms with van der Waals surface area (Å²) >= 11 is 0. The van der Waals surface area contributed by atoms with Crippen LogP contribution >= 0.6 is 0 Å². The van der Waals surface area contributed by atoms with Crippen molar-refractivity contribution in [1.82, 2.24) is 0 Å². The number of rotatable bonds is 25. The summed E-state index contributed by atoms with van der Waals surface area (Å²) in [5.74, 6) is -3.35. The Bertz CT molecular complexity index is 3510. The van der Waals surface area contributed by atoms with Gasteiger partial charge in [0.2, 0.25) is 6.29 Å². The van der Waals surface area contributed by atoms with E-state index in [9.17, 15) is 117 Å². The molecule has 12 aliphatic rings. The second-order valence-electron chi connectivity index (χ2n) is 37.0. The van der Waals surface area contributed by atoms with Crippen molar-refractivity contribution in [1.29, 1.82) is 0 Å². The quantitative estimate of drug-likeness (QED) is 0.0175. The van der Waals surface area contributed by atoms with Crippen LogP contribution in [0.2, 0.25) is 0 Å². The van der Waals surface area contributed by atoms with Gasteiger partial charge in [0.15, 0.2) is 43.8 Å². The fraction of sp³-hybridized carbons (Fsp3) is 0.900. The van der Waals surface area contributed by atoms with Crippen LogP contribution in [-0.2, 0) is 80.6 Å². The predicted octanol–water partition coefficient (Wildman–Crippen LogP) is -6.10. The second-order valence-corrected chi connectivity index (χ2v) is 37.0. The Morgan fingerprint density at radius 1 is 0.487 bits per heavy atom. The molecule has 0 aromatic rings. The lowest BCUT2D eigenvalue weighted by Gasteiger charge is -2.72. The van der Waals surface area contributed by atoms with Gasteiger partial charge in [0.05, 0.1) is 76.2 Å². The SMILES string of the molecule is CC(=CCO)CCC=C(CO)C(=O)OC1CC2(C(=O)OC3OC(CO)C(O)C(O)C3OC3OC(C)C(OC4OC(CO)C(O)C4O)C(OC4OC(CO)C(O)C(O)C4O)C3O)C(O)CC3(C)C(=CCC4C5(C)CCC(OC6OC(COC7OC(C)C(O)C(O)C7OC7OCC(O)C(O)C7O)C(O)C(O)C6O)C(C)(C)C5CCC43C)C2CC1(C)C. The first-order chi connectivity index (χ1) is 55.9. The van der Waals surface area contributed by atoms with E-state index in [4.69, 9.17) is 71.1 Å². The van der Waals surface area contributed by atoms with Crippen molar-refractivity contribution < 1.29 is 193 Å². The Kier molecular flexibility index (Phi) is 29.7. The van der Waals surface area contributed by atoms with E-state index in [1.807, 2.05) is 13.8 Å². The molecule has 39 nitrogen and oxygen atoms in total. The minimum atomic E-state index is -2.24. The van der Waals surface area contributed by atoms with E-state index in [1.54, 1.807) is 13.0 Å². The van der Waals surface area contributed by atoms with Crippen LogP contribution in [-0.4, -0.2) is 392 Å². The van der Waals surface area contributed by atoms with E-state index in [0.717, 1.165) is 11.1 Å². The molecule has 43 unspecified atom stereocenters. The maximum atomic E-state index is 16.5. The third-order valence-corrected chi connectivity index (χ3v) is 29.1. The summed E-state index contributed by atoms with van der Waals surface area (Å²) in [4.78, 5) is 31.1. The summed E-state index contributed by atoms with van der Waals surface area (Å²) in [7, 11) is 0. The molecule has 7 saturated heterocycles. The third-order valence-electron chi connectivity index (χ3n) is 29.1. The summed E-state index contributed by atoms with van der Waals surface area (Å²) < 4.78 is 91.3. The van der Waals surface area contributed by atoms with Gasteiger partial charge in [0, 0.05) is 11.8 Å². The molecule has 4 saturated carbocycles. The fourth-order valence-corrected chi connectivity index (χ4v) is 21.7. The molecule has 7 heterocycles. The number of aliphatic hydroxyl groups is 22. The molecule has 0 radical (unpaired) electrons. The van der Waals surface area contributed by atoms with Crippen molar-refractivity contribution in [3.8, 4) is 0 Å². The Balaban J connectivity index is 0.826. The predicted molar refractivity (Wildman–Crippen MR) is 398 cm³/mol. The summed E-state index contributed by atoms with van der Waals surface area (Å²) in [6.07, 6.45) is -54.1. The highest BCUT2D eigenvalue weighted by atomic mass is 16.8. The molecule has 22 N–H and O–H groups in total. The van der Waals surface area contributed by atoms with Crippen molar-refractivity contribution in [2.24, 2.45) is 50.2 Å². The lowest BCUT2D eigenvalue weighted by atomic mass is 9.33. The maximum absolute atomic E-state index is 16.5. The van der Waals surface area contributed by atoms with Crippen molar-refractivity contribution in [3.63, 3.8) is 0 Å². The lowest BCUT2D eigenvalue weighted by molar-refractivity contribution is -0.390. The van der Waals surface area contributed by atoms with Gasteiger partial charge in [-0.1, -0.05) is 77.8 Å². The van der Waals surface area contributed by atoms with E-state index in [-0.39, 0.29) is 43.3 Å². The van der Waals surface area contributed by atoms with Gasteiger partial charge in [0.1, 0.15) is 152 Å². The molecule has 119 heavy (non-hydrogen) atoms. The van der Waals surface area contributed by atoms with Crippen LogP contribution in [0.5, 0.6) is 0 Å². The van der Waals surface area contributed by atoms with Crippen LogP contribution in [0.4, 0.5) is 0 Å². The van der Waals surface area contributed by atoms with Crippen LogP contribution in [0, 0.1) is 50.2 Å². The minimum absolute atomic E-state index is 0.0326. The Hall–Kier alpha value is -3.24. The van der Waals surface area contributed by atoms with Crippen LogP contribution in [0.1, 0.15) is 133 Å². The maximum Gasteiger partial charge on any atom is 0.336 e. The minimum Gasteiger partial charge on any atom is -0.458 e. The smallest absolute Gasteiger partial charge is 0.336 e. The molecule has 11 fully saturated rings. The number of aliphatic hydroxyl groups excluding tert-OH is 22. The molecule has 5 aliphatic carbocycles. The molecule has 12 rings (SSSR count). The number of fused-ring (bicyclic) bond motifs is 7. The molecule has 0 aromatic heterocycles. The van der Waals surface area contributed by atoms with Crippen molar-refractivity contribution in [2.45, 2.75) is 354 Å². The van der Waals surface area contributed by atoms with Gasteiger partial charge in [-0.25, -0.2) is 4.79 Å². The van der Waals surface area contributed by atoms with E-state index in [0.29, 0.717) is 38.5 Å². The lowest BCUT2D eigenvalue weighted by Crippen LogP contribution is -2.70. The molecule has 7 aliphatic heterocycles. The van der Waals surface area contributed by atoms with Crippen LogP contribution in [0.15, 0.2) is 34.9 Å². The van der Waals surface area contributed by atoms with Crippen molar-refractivity contribution in [2.75, 3.05) is 46.2 Å². The van der Waals surface area contributed by atoms with Gasteiger partial charge in [-0.15, -0.1) is 0 Å². The highest BCUT2D eigenvalue weighted by Gasteiger charge is 2.74. The van der Waals surface area contributed by atoms with Crippen LogP contribution in [0.25, 0.3) is 0 Å². The summed E-state index contributed by atoms with van der Waals surface area (Å²) in [5, 5.41) is 243. The van der Waals surface area contributed by atoms with Crippen molar-refractivity contribution >= 4 is 11.9 Å². The normalized spacial score (nSPS) is 50.7. The van der Waals surface area contributed by atoms with Gasteiger partial charge in [-0.3, -0.25) is 4.79 Å². The van der Waals surface area contributed by atoms with Gasteiger partial charge >= 0.3 is 11.9 Å². The summed E-state index contributed by atoms with van der Waals surface area (Å²) in [6, 6.07) is 0. The zero-order chi connectivity index (χ0) is 87.2. The van der Waals surface area contributed by atoms with Gasteiger partial charge < -0.3 is 183 Å². The first-order valence-corrected chi connectivity index (χ1v) is 41.5. The highest BCUT2D eigenvalue weighted by Crippen LogP contribution is 2.76. The Morgan fingerprint density at radius 3 is 1.63 bits per heavy atom. The van der Waals surface area contributed by atoms with Crippen LogP contribution < -0.4 is 0 Å². The summed E-state index contributed by atoms with van der Waals surface area (Å²) in [6.45, 7) is 14.2. The molecule has 0 spiro atoms. The molecule has 0 amide bonds. The highest BCUT2D eigenvalue weighted by molar-refractivity contribution is 5.89. The standard InChI is InChI=1S/C80H128O39/c1-31(18-21-81)12-11-13-34(25-82)66(103)113-46-24-80(74(104)119-73-65(56(97)50(91)39(27-84)111-73)118-71-61(102)63(116-70-60(101)53(94)49(90)38(26-83)109-70)62(33(3)108-71)115-69-58(99)51(92)40(28-85)110-69)36(22-75(46,4)5)35-14-15-43-77(8)19-17-45(76(6,7)42(77)16-20-78(43,9)79(35,10)23-44(80)87)114-68-59(100)54(95)52(93)41(112-68)30-106-72-64(55(96)47(88)32(2)107-72)117-67-57(98)48(89)37(86)29-105-67/h13-14,18,32-33,36-65,67-73,81-102H,11-12,15-17,19-30H2,1-10H3. The topological polar surface area (TPSA) is 618 Å². The average Bonchev–Trinajstić information content (AvgIpc) is 0.846. The molecule has 0 bridgehead atoms. The second kappa shape index (κ2) is 37.2. The molecule has 43 atom stereocenters. The number of hydrogen-bond acceptors (Lipinski definition) is 39. The number of hydrogen-bond donors (Lipinski definition) is 22. The average molecular weight is 1710 g/mol. The van der Waals surface area contributed by atoms with E-state index in [1.165, 1.54) is 19.9 Å². The largest absolute Gasteiger partial charge is 0.458 e. The Labute approximate surface area is 688 Å². The van der Waals surface area contributed by atoms with Crippen LogP contribution in [0.3, 0.4) is 0 Å². The molecular weight excluding hydrogens is 1580 g/mol. The van der Waals surface area contributed by atoms with Gasteiger partial charge in [0.25, 0.3) is 0 Å². The number of esters is 2. The first kappa shape index (κ1) is 94.9. The number of carbonyl (C=O) groups excluding carboxylic acids is 2. The molecular formula is C80H128O39. The molecule has 39 heteroatoms.